The number of hydrogen-bond acceptors (Lipinski definition) is 7. The van der Waals surface area contributed by atoms with Crippen LogP contribution in [0.4, 0.5) is 0 Å². The average Bonchev–Trinajstić information content (AvgIpc) is 2.70. The molecule has 0 saturated heterocycles. The molecular formula is C18H23NO6S2. The van der Waals surface area contributed by atoms with Gasteiger partial charge >= 0.3 is 0 Å². The number of thioether (sulfide) groups is 1. The number of benzene rings is 2. The van der Waals surface area contributed by atoms with E-state index in [0.717, 1.165) is 4.90 Å². The Hall–Kier alpha value is -1.78. The van der Waals surface area contributed by atoms with Crippen molar-refractivity contribution in [2.75, 3.05) is 27.1 Å². The highest BCUT2D eigenvalue weighted by Crippen LogP contribution is 2.30. The van der Waals surface area contributed by atoms with Crippen molar-refractivity contribution in [3.8, 4) is 11.5 Å². The lowest BCUT2D eigenvalue weighted by Crippen LogP contribution is -2.41. The van der Waals surface area contributed by atoms with E-state index in [1.165, 1.54) is 32.4 Å². The Labute approximate surface area is 163 Å². The summed E-state index contributed by atoms with van der Waals surface area (Å²) in [6, 6.07) is 10.1. The molecule has 0 aromatic heterocycles. The molecule has 0 saturated carbocycles. The second kappa shape index (κ2) is 9.43. The lowest BCUT2D eigenvalue weighted by atomic mass is 10.0. The van der Waals surface area contributed by atoms with Crippen LogP contribution in [0.15, 0.2) is 52.3 Å². The molecule has 2 aromatic carbocycles. The molecule has 7 nitrogen and oxygen atoms in total. The molecule has 0 aliphatic heterocycles. The zero-order valence-electron chi connectivity index (χ0n) is 15.2. The van der Waals surface area contributed by atoms with Crippen LogP contribution in [0.3, 0.4) is 0 Å². The lowest BCUT2D eigenvalue weighted by Gasteiger charge is -2.23. The van der Waals surface area contributed by atoms with Crippen molar-refractivity contribution >= 4 is 21.8 Å². The smallest absolute Gasteiger partial charge is 0.241 e. The third-order valence-corrected chi connectivity index (χ3v) is 6.24. The molecule has 0 bridgehead atoms. The summed E-state index contributed by atoms with van der Waals surface area (Å²) in [5, 5.41) is 20.1. The molecule has 0 radical (unpaired) electrons. The number of sulfonamides is 1. The first kappa shape index (κ1) is 21.5. The van der Waals surface area contributed by atoms with Gasteiger partial charge in [-0.1, -0.05) is 12.1 Å². The third kappa shape index (κ3) is 5.14. The molecule has 0 aliphatic carbocycles. The van der Waals surface area contributed by atoms with E-state index in [1.807, 2.05) is 18.4 Å². The molecule has 0 spiro atoms. The number of aliphatic hydroxyl groups excluding tert-OH is 2. The predicted octanol–water partition coefficient (Wildman–Crippen LogP) is 1.80. The van der Waals surface area contributed by atoms with Crippen molar-refractivity contribution in [3.63, 3.8) is 0 Å². The summed E-state index contributed by atoms with van der Waals surface area (Å²) >= 11 is 1.55. The fourth-order valence-electron chi connectivity index (χ4n) is 2.49. The molecule has 2 unspecified atom stereocenters. The Kier molecular flexibility index (Phi) is 7.51. The Bertz CT molecular complexity index is 855. The van der Waals surface area contributed by atoms with E-state index in [2.05, 4.69) is 4.72 Å². The zero-order chi connectivity index (χ0) is 20.0. The Balaban J connectivity index is 2.25. The average molecular weight is 414 g/mol. The van der Waals surface area contributed by atoms with Crippen LogP contribution in [0.1, 0.15) is 11.7 Å². The minimum absolute atomic E-state index is 0.0662. The quantitative estimate of drug-likeness (QED) is 0.538. The maximum atomic E-state index is 12.7. The summed E-state index contributed by atoms with van der Waals surface area (Å²) < 4.78 is 37.9. The summed E-state index contributed by atoms with van der Waals surface area (Å²) in [5.74, 6) is 0.651. The van der Waals surface area contributed by atoms with Crippen molar-refractivity contribution < 1.29 is 28.1 Å². The summed E-state index contributed by atoms with van der Waals surface area (Å²) in [7, 11) is -1.15. The number of methoxy groups -OCH3 is 2. The van der Waals surface area contributed by atoms with Gasteiger partial charge in [0.15, 0.2) is 11.5 Å². The molecule has 0 fully saturated rings. The molecule has 3 N–H and O–H groups in total. The summed E-state index contributed by atoms with van der Waals surface area (Å²) in [5.41, 5.74) is 0.502. The summed E-state index contributed by atoms with van der Waals surface area (Å²) in [6.07, 6.45) is 0.722. The monoisotopic (exact) mass is 413 g/mol. The fourth-order valence-corrected chi connectivity index (χ4v) is 4.14. The van der Waals surface area contributed by atoms with Gasteiger partial charge in [-0.25, -0.2) is 13.1 Å². The van der Waals surface area contributed by atoms with E-state index < -0.39 is 28.8 Å². The molecule has 148 valence electrons. The molecule has 27 heavy (non-hydrogen) atoms. The number of ether oxygens (including phenoxy) is 2. The Morgan fingerprint density at radius 1 is 1.07 bits per heavy atom. The van der Waals surface area contributed by atoms with Gasteiger partial charge in [0.2, 0.25) is 10.0 Å². The van der Waals surface area contributed by atoms with Crippen molar-refractivity contribution in [1.82, 2.24) is 4.72 Å². The normalized spacial score (nSPS) is 13.8. The Morgan fingerprint density at radius 3 is 2.22 bits per heavy atom. The van der Waals surface area contributed by atoms with Crippen molar-refractivity contribution in [1.29, 1.82) is 0 Å². The second-order valence-corrected chi connectivity index (χ2v) is 8.24. The molecule has 0 aliphatic rings. The highest BCUT2D eigenvalue weighted by atomic mass is 32.2. The van der Waals surface area contributed by atoms with Gasteiger partial charge in [-0.05, 0) is 36.1 Å². The van der Waals surface area contributed by atoms with Gasteiger partial charge in [-0.15, -0.1) is 11.8 Å². The van der Waals surface area contributed by atoms with Gasteiger partial charge in [-0.2, -0.15) is 0 Å². The maximum Gasteiger partial charge on any atom is 0.241 e. The van der Waals surface area contributed by atoms with Crippen LogP contribution < -0.4 is 14.2 Å². The molecule has 9 heteroatoms. The second-order valence-electron chi connectivity index (χ2n) is 5.65. The largest absolute Gasteiger partial charge is 0.493 e. The van der Waals surface area contributed by atoms with E-state index in [0.29, 0.717) is 11.3 Å². The van der Waals surface area contributed by atoms with E-state index in [-0.39, 0.29) is 10.6 Å². The number of aliphatic hydroxyl groups is 2. The lowest BCUT2D eigenvalue weighted by molar-refractivity contribution is 0.101. The van der Waals surface area contributed by atoms with E-state index in [4.69, 9.17) is 9.47 Å². The minimum Gasteiger partial charge on any atom is -0.493 e. The number of hydrogen-bond donors (Lipinski definition) is 3. The van der Waals surface area contributed by atoms with Crippen LogP contribution in [0.25, 0.3) is 0 Å². The van der Waals surface area contributed by atoms with Crippen molar-refractivity contribution in [2.45, 2.75) is 21.9 Å². The van der Waals surface area contributed by atoms with Crippen LogP contribution in [0, 0.1) is 0 Å². The SMILES string of the molecule is COc1ccc(S(=O)(=O)NC(CO)C(O)c2ccc(SC)cc2)cc1OC. The topological polar surface area (TPSA) is 105 Å². The van der Waals surface area contributed by atoms with Crippen molar-refractivity contribution in [3.05, 3.63) is 48.0 Å². The standard InChI is InChI=1S/C18H23NO6S2/c1-24-16-9-8-14(10-17(16)25-2)27(22,23)19-15(11-20)18(21)12-4-6-13(26-3)7-5-12/h4-10,15,18-21H,11H2,1-3H3. The van der Waals surface area contributed by atoms with Gasteiger partial charge in [0.25, 0.3) is 0 Å². The van der Waals surface area contributed by atoms with Gasteiger partial charge in [-0.3, -0.25) is 0 Å². The number of nitrogens with one attached hydrogen (secondary N) is 1. The van der Waals surface area contributed by atoms with E-state index in [1.54, 1.807) is 23.9 Å². The van der Waals surface area contributed by atoms with Crippen LogP contribution in [0.2, 0.25) is 0 Å². The van der Waals surface area contributed by atoms with E-state index >= 15 is 0 Å². The molecular weight excluding hydrogens is 390 g/mol. The van der Waals surface area contributed by atoms with Gasteiger partial charge in [0.1, 0.15) is 0 Å². The first-order valence-corrected chi connectivity index (χ1v) is 10.7. The zero-order valence-corrected chi connectivity index (χ0v) is 16.9. The number of rotatable bonds is 9. The third-order valence-electron chi connectivity index (χ3n) is 4.01. The highest BCUT2D eigenvalue weighted by Gasteiger charge is 2.27. The van der Waals surface area contributed by atoms with Gasteiger partial charge < -0.3 is 19.7 Å². The van der Waals surface area contributed by atoms with Crippen LogP contribution >= 0.6 is 11.8 Å². The van der Waals surface area contributed by atoms with Gasteiger partial charge in [0, 0.05) is 11.0 Å². The highest BCUT2D eigenvalue weighted by molar-refractivity contribution is 7.98. The Morgan fingerprint density at radius 2 is 1.70 bits per heavy atom. The molecule has 2 aromatic rings. The van der Waals surface area contributed by atoms with Gasteiger partial charge in [0.05, 0.1) is 37.9 Å². The summed E-state index contributed by atoms with van der Waals surface area (Å²) in [4.78, 5) is 0.945. The maximum absolute atomic E-state index is 12.7. The fraction of sp³-hybridized carbons (Fsp3) is 0.333. The predicted molar refractivity (Wildman–Crippen MR) is 104 cm³/mol. The van der Waals surface area contributed by atoms with Crippen LogP contribution in [0.5, 0.6) is 11.5 Å². The van der Waals surface area contributed by atoms with E-state index in [9.17, 15) is 18.6 Å². The first-order valence-electron chi connectivity index (χ1n) is 8.03. The van der Waals surface area contributed by atoms with Crippen LogP contribution in [-0.4, -0.2) is 51.8 Å². The van der Waals surface area contributed by atoms with Crippen molar-refractivity contribution in [2.24, 2.45) is 0 Å². The van der Waals surface area contributed by atoms with Crippen LogP contribution in [-0.2, 0) is 10.0 Å². The molecule has 2 atom stereocenters. The molecule has 0 amide bonds. The molecule has 0 heterocycles. The minimum atomic E-state index is -4.00. The summed E-state index contributed by atoms with van der Waals surface area (Å²) in [6.45, 7) is -0.571. The molecule has 2 rings (SSSR count). The first-order chi connectivity index (χ1) is 12.9.